The second-order valence-electron chi connectivity index (χ2n) is 6.22. The summed E-state index contributed by atoms with van der Waals surface area (Å²) < 4.78 is 0. The van der Waals surface area contributed by atoms with E-state index in [9.17, 15) is 0 Å². The van der Waals surface area contributed by atoms with Gasteiger partial charge in [-0.1, -0.05) is 41.5 Å². The Morgan fingerprint density at radius 1 is 0.846 bits per heavy atom. The summed E-state index contributed by atoms with van der Waals surface area (Å²) in [7, 11) is -0.354. The summed E-state index contributed by atoms with van der Waals surface area (Å²) in [6.07, 6.45) is 6.97. The third-order valence-corrected chi connectivity index (χ3v) is 4.68. The van der Waals surface area contributed by atoms with Crippen molar-refractivity contribution in [3.05, 3.63) is 0 Å². The molecule has 0 nitrogen and oxygen atoms in total. The maximum atomic E-state index is 4.31. The molecule has 0 spiro atoms. The zero-order chi connectivity index (χ0) is 9.99. The van der Waals surface area contributed by atoms with Crippen LogP contribution in [0.2, 0.25) is 0 Å². The van der Waals surface area contributed by atoms with Crippen LogP contribution >= 0.6 is 7.55 Å². The molecule has 2 heteroatoms. The number of rotatable bonds is 2. The molecule has 0 atom stereocenters. The molecule has 0 aromatic carbocycles. The minimum absolute atomic E-state index is 0. The molecule has 0 heterocycles. The Hall–Kier alpha value is 1.40. The molecule has 13 heavy (non-hydrogen) atoms. The summed E-state index contributed by atoms with van der Waals surface area (Å²) >= 11 is 0. The maximum absolute atomic E-state index is 4.31. The van der Waals surface area contributed by atoms with Gasteiger partial charge in [0.1, 0.15) is 0 Å². The van der Waals surface area contributed by atoms with Crippen LogP contribution in [0.4, 0.5) is 0 Å². The van der Waals surface area contributed by atoms with Crippen molar-refractivity contribution in [2.24, 2.45) is 10.8 Å². The van der Waals surface area contributed by atoms with E-state index in [0.717, 1.165) is 0 Å². The van der Waals surface area contributed by atoms with E-state index in [0.29, 0.717) is 10.8 Å². The van der Waals surface area contributed by atoms with Gasteiger partial charge in [0.2, 0.25) is 0 Å². The molecular weight excluding hydrogens is 252 g/mol. The van der Waals surface area contributed by atoms with Crippen molar-refractivity contribution in [3.8, 4) is 0 Å². The first-order valence-corrected chi connectivity index (χ1v) is 6.89. The van der Waals surface area contributed by atoms with E-state index in [2.05, 4.69) is 47.8 Å². The van der Waals surface area contributed by atoms with E-state index < -0.39 is 0 Å². The van der Waals surface area contributed by atoms with E-state index in [1.165, 1.54) is 12.3 Å². The molecule has 0 aliphatic rings. The summed E-state index contributed by atoms with van der Waals surface area (Å²) in [5, 5.41) is 0. The van der Waals surface area contributed by atoms with Gasteiger partial charge in [0.25, 0.3) is 0 Å². The third kappa shape index (κ3) is 13.4. The predicted octanol–water partition coefficient (Wildman–Crippen LogP) is 3.72. The summed E-state index contributed by atoms with van der Waals surface area (Å²) in [6.45, 7) is 13.9. The first kappa shape index (κ1) is 16.8. The molecule has 0 saturated carbocycles. The van der Waals surface area contributed by atoms with Crippen molar-refractivity contribution < 1.29 is 32.7 Å². The van der Waals surface area contributed by atoms with Crippen molar-refractivity contribution in [1.29, 1.82) is 0 Å². The van der Waals surface area contributed by atoms with E-state index in [1.54, 1.807) is 0 Å². The predicted molar refractivity (Wildman–Crippen MR) is 64.1 cm³/mol. The fourth-order valence-corrected chi connectivity index (χ4v) is 4.69. The molecule has 0 amide bonds. The number of hydrogen-bond acceptors (Lipinski definition) is 0. The molecule has 77 valence electrons. The van der Waals surface area contributed by atoms with Gasteiger partial charge < -0.3 is 0 Å². The van der Waals surface area contributed by atoms with Crippen molar-refractivity contribution in [2.75, 3.05) is 12.3 Å². The Balaban J connectivity index is 0. The Morgan fingerprint density at radius 3 is 1.23 bits per heavy atom. The molecule has 0 bridgehead atoms. The van der Waals surface area contributed by atoms with Crippen molar-refractivity contribution in [2.45, 2.75) is 41.5 Å². The number of hydrogen-bond donors (Lipinski definition) is 0. The average Bonchev–Trinajstić information content (AvgIpc) is 1.49. The minimum atomic E-state index is -0.354. The second-order valence-corrected chi connectivity index (χ2v) is 8.43. The average molecular weight is 277 g/mol. The van der Waals surface area contributed by atoms with Gasteiger partial charge in [-0.15, -0.1) is 13.8 Å². The Labute approximate surface area is 111 Å². The van der Waals surface area contributed by atoms with Gasteiger partial charge in [-0.2, -0.15) is 0 Å². The van der Waals surface area contributed by atoms with Crippen molar-refractivity contribution in [1.82, 2.24) is 0 Å². The van der Waals surface area contributed by atoms with Crippen LogP contribution in [0.25, 0.3) is 0 Å². The Kier molecular flexibility index (Phi) is 7.88. The summed E-state index contributed by atoms with van der Waals surface area (Å²) in [4.78, 5) is 0. The molecule has 0 aliphatic heterocycles. The molecule has 0 rings (SSSR count). The first-order valence-electron chi connectivity index (χ1n) is 4.77. The molecule has 0 fully saturated rings. The van der Waals surface area contributed by atoms with Crippen molar-refractivity contribution >= 4 is 13.8 Å². The van der Waals surface area contributed by atoms with Crippen LogP contribution in [-0.4, -0.2) is 18.6 Å². The zero-order valence-corrected chi connectivity index (χ0v) is 14.0. The Morgan fingerprint density at radius 2 is 1.08 bits per heavy atom. The van der Waals surface area contributed by atoms with E-state index in [4.69, 9.17) is 0 Å². The van der Waals surface area contributed by atoms with Gasteiger partial charge in [0.15, 0.2) is 0 Å². The van der Waals surface area contributed by atoms with Crippen LogP contribution in [0.1, 0.15) is 41.5 Å². The SMILES string of the molecule is C=[PH](CC(C)(C)C)CC(C)(C)C.[Y]. The van der Waals surface area contributed by atoms with E-state index >= 15 is 0 Å². The minimum Gasteiger partial charge on any atom is -0.124 e. The van der Waals surface area contributed by atoms with Crippen LogP contribution in [-0.2, 0) is 32.7 Å². The fourth-order valence-electron chi connectivity index (χ4n) is 1.56. The largest absolute Gasteiger partial charge is 0.124 e. The van der Waals surface area contributed by atoms with Gasteiger partial charge in [0, 0.05) is 32.7 Å². The van der Waals surface area contributed by atoms with Crippen LogP contribution in [0.5, 0.6) is 0 Å². The molecule has 1 radical (unpaired) electrons. The van der Waals surface area contributed by atoms with Gasteiger partial charge in [0.05, 0.1) is 0 Å². The fraction of sp³-hybridized carbons (Fsp3) is 0.909. The van der Waals surface area contributed by atoms with Crippen molar-refractivity contribution in [3.63, 3.8) is 0 Å². The topological polar surface area (TPSA) is 0 Å². The quantitative estimate of drug-likeness (QED) is 0.675. The molecular formula is C11H25PY. The van der Waals surface area contributed by atoms with Crippen LogP contribution in [0.3, 0.4) is 0 Å². The van der Waals surface area contributed by atoms with Crippen LogP contribution in [0, 0.1) is 10.8 Å². The monoisotopic (exact) mass is 277 g/mol. The second kappa shape index (κ2) is 6.09. The normalized spacial score (nSPS) is 12.8. The van der Waals surface area contributed by atoms with Crippen LogP contribution in [0.15, 0.2) is 0 Å². The zero-order valence-electron chi connectivity index (χ0n) is 10.2. The molecule has 0 aromatic rings. The van der Waals surface area contributed by atoms with E-state index in [1.807, 2.05) is 0 Å². The molecule has 0 saturated heterocycles. The Bertz CT molecular complexity index is 142. The summed E-state index contributed by atoms with van der Waals surface area (Å²) in [5.74, 6) is 0. The van der Waals surface area contributed by atoms with E-state index in [-0.39, 0.29) is 40.3 Å². The smallest absolute Gasteiger partial charge is 0 e. The first-order chi connectivity index (χ1) is 5.10. The molecule has 0 aliphatic carbocycles. The van der Waals surface area contributed by atoms with Gasteiger partial charge in [-0.3, -0.25) is 0 Å². The van der Waals surface area contributed by atoms with Gasteiger partial charge in [-0.25, -0.2) is 0 Å². The van der Waals surface area contributed by atoms with Gasteiger partial charge >= 0.3 is 0 Å². The third-order valence-electron chi connectivity index (χ3n) is 1.56. The molecule has 0 unspecified atom stereocenters. The maximum Gasteiger partial charge on any atom is 0 e. The standard InChI is InChI=1S/C11H25P.Y/c1-10(2,3)8-12(7)9-11(4,5)6;/h12H,7-9H2,1-6H3;. The summed E-state index contributed by atoms with van der Waals surface area (Å²) in [5.41, 5.74) is 0.947. The molecule has 0 N–H and O–H groups in total. The summed E-state index contributed by atoms with van der Waals surface area (Å²) in [6, 6.07) is 0. The van der Waals surface area contributed by atoms with Gasteiger partial charge in [-0.05, 0) is 23.2 Å². The molecule has 0 aromatic heterocycles. The van der Waals surface area contributed by atoms with Crippen LogP contribution < -0.4 is 0 Å².